The van der Waals surface area contributed by atoms with Crippen molar-refractivity contribution < 1.29 is 14.8 Å². The van der Waals surface area contributed by atoms with Gasteiger partial charge in [0.2, 0.25) is 0 Å². The summed E-state index contributed by atoms with van der Waals surface area (Å²) in [5.41, 5.74) is 1.87. The molecule has 1 aromatic heterocycles. The maximum atomic E-state index is 10.9. The molecule has 0 spiro atoms. The lowest BCUT2D eigenvalue weighted by molar-refractivity contribution is -0.385. The highest BCUT2D eigenvalue weighted by molar-refractivity contribution is 5.90. The van der Waals surface area contributed by atoms with E-state index in [1.807, 2.05) is 0 Å². The molecule has 2 aromatic rings. The largest absolute Gasteiger partial charge is 0.478 e. The van der Waals surface area contributed by atoms with Crippen LogP contribution < -0.4 is 5.32 Å². The predicted octanol–water partition coefficient (Wildman–Crippen LogP) is 3.05. The summed E-state index contributed by atoms with van der Waals surface area (Å²) in [6, 6.07) is 6.05. The van der Waals surface area contributed by atoms with E-state index in [4.69, 9.17) is 5.11 Å². The summed E-state index contributed by atoms with van der Waals surface area (Å²) < 4.78 is 0. The van der Waals surface area contributed by atoms with E-state index in [-0.39, 0.29) is 11.3 Å². The van der Waals surface area contributed by atoms with Crippen LogP contribution in [0.1, 0.15) is 21.5 Å². The molecule has 0 saturated heterocycles. The number of aryl methyl sites for hydroxylation is 2. The number of aromatic nitrogens is 1. The number of carbonyl (C=O) groups is 1. The van der Waals surface area contributed by atoms with E-state index in [9.17, 15) is 14.9 Å². The number of anilines is 2. The zero-order valence-corrected chi connectivity index (χ0v) is 11.5. The van der Waals surface area contributed by atoms with E-state index < -0.39 is 10.9 Å². The Morgan fingerprint density at radius 2 is 2.00 bits per heavy atom. The highest BCUT2D eigenvalue weighted by Gasteiger charge is 2.13. The summed E-state index contributed by atoms with van der Waals surface area (Å²) in [6.45, 7) is 3.29. The summed E-state index contributed by atoms with van der Waals surface area (Å²) in [4.78, 5) is 25.4. The molecule has 0 saturated carbocycles. The standard InChI is InChI=1S/C14H13N3O4/c1-8-5-10(3-4-11(8)14(18)19)16-13-6-12(17(20)21)9(2)7-15-13/h3-7H,1-2H3,(H,15,16)(H,18,19). The van der Waals surface area contributed by atoms with Crippen LogP contribution in [0.15, 0.2) is 30.5 Å². The Balaban J connectivity index is 2.30. The minimum Gasteiger partial charge on any atom is -0.478 e. The van der Waals surface area contributed by atoms with Crippen molar-refractivity contribution in [1.29, 1.82) is 0 Å². The van der Waals surface area contributed by atoms with Gasteiger partial charge in [0.25, 0.3) is 5.69 Å². The van der Waals surface area contributed by atoms with Crippen molar-refractivity contribution in [3.05, 3.63) is 57.3 Å². The first-order chi connectivity index (χ1) is 9.88. The smallest absolute Gasteiger partial charge is 0.335 e. The fourth-order valence-electron chi connectivity index (χ4n) is 1.91. The number of aromatic carboxylic acids is 1. The number of pyridine rings is 1. The van der Waals surface area contributed by atoms with Crippen LogP contribution in [-0.2, 0) is 0 Å². The van der Waals surface area contributed by atoms with Crippen molar-refractivity contribution in [1.82, 2.24) is 4.98 Å². The first-order valence-corrected chi connectivity index (χ1v) is 6.10. The lowest BCUT2D eigenvalue weighted by atomic mass is 10.1. The zero-order chi connectivity index (χ0) is 15.6. The van der Waals surface area contributed by atoms with Gasteiger partial charge in [-0.15, -0.1) is 0 Å². The van der Waals surface area contributed by atoms with Crippen LogP contribution in [0.4, 0.5) is 17.2 Å². The van der Waals surface area contributed by atoms with Crippen molar-refractivity contribution >= 4 is 23.2 Å². The average molecular weight is 287 g/mol. The summed E-state index contributed by atoms with van der Waals surface area (Å²) in [7, 11) is 0. The van der Waals surface area contributed by atoms with Crippen LogP contribution in [0, 0.1) is 24.0 Å². The molecule has 0 fully saturated rings. The monoisotopic (exact) mass is 287 g/mol. The number of rotatable bonds is 4. The molecule has 2 rings (SSSR count). The van der Waals surface area contributed by atoms with E-state index in [1.54, 1.807) is 26.0 Å². The lowest BCUT2D eigenvalue weighted by Gasteiger charge is -2.08. The van der Waals surface area contributed by atoms with Crippen LogP contribution >= 0.6 is 0 Å². The number of carboxylic acids is 1. The van der Waals surface area contributed by atoms with E-state index in [0.717, 1.165) is 0 Å². The number of nitrogens with one attached hydrogen (secondary N) is 1. The molecule has 0 unspecified atom stereocenters. The molecule has 0 bridgehead atoms. The molecule has 0 atom stereocenters. The van der Waals surface area contributed by atoms with Gasteiger partial charge in [0.05, 0.1) is 16.6 Å². The molecule has 1 aromatic carbocycles. The van der Waals surface area contributed by atoms with Gasteiger partial charge in [-0.1, -0.05) is 0 Å². The maximum Gasteiger partial charge on any atom is 0.335 e. The third-order valence-electron chi connectivity index (χ3n) is 3.00. The molecule has 0 amide bonds. The van der Waals surface area contributed by atoms with Crippen molar-refractivity contribution in [3.8, 4) is 0 Å². The summed E-state index contributed by atoms with van der Waals surface area (Å²) in [5.74, 6) is -0.669. The van der Waals surface area contributed by atoms with Gasteiger partial charge in [0, 0.05) is 17.4 Å². The fraction of sp³-hybridized carbons (Fsp3) is 0.143. The van der Waals surface area contributed by atoms with Crippen molar-refractivity contribution in [2.45, 2.75) is 13.8 Å². The second-order valence-electron chi connectivity index (χ2n) is 4.57. The van der Waals surface area contributed by atoms with Crippen molar-refractivity contribution in [2.24, 2.45) is 0 Å². The highest BCUT2D eigenvalue weighted by atomic mass is 16.6. The topological polar surface area (TPSA) is 105 Å². The Kier molecular flexibility index (Phi) is 3.84. The number of nitrogens with zero attached hydrogens (tertiary/aromatic N) is 2. The molecule has 0 aliphatic heterocycles. The molecule has 0 aliphatic carbocycles. The molecule has 108 valence electrons. The number of hydrogen-bond acceptors (Lipinski definition) is 5. The predicted molar refractivity (Wildman–Crippen MR) is 77.0 cm³/mol. The number of carboxylic acid groups (broad SMARTS) is 1. The number of nitro groups is 1. The van der Waals surface area contributed by atoms with E-state index in [2.05, 4.69) is 10.3 Å². The second kappa shape index (κ2) is 5.58. The number of hydrogen-bond donors (Lipinski definition) is 2. The highest BCUT2D eigenvalue weighted by Crippen LogP contribution is 2.23. The normalized spacial score (nSPS) is 10.2. The molecule has 1 heterocycles. The quantitative estimate of drug-likeness (QED) is 0.661. The van der Waals surface area contributed by atoms with Crippen LogP contribution in [0.25, 0.3) is 0 Å². The van der Waals surface area contributed by atoms with E-state index in [0.29, 0.717) is 22.6 Å². The first kappa shape index (κ1) is 14.4. The van der Waals surface area contributed by atoms with Gasteiger partial charge >= 0.3 is 5.97 Å². The van der Waals surface area contributed by atoms with Gasteiger partial charge in [0.1, 0.15) is 5.82 Å². The Bertz CT molecular complexity index is 728. The molecule has 7 heteroatoms. The lowest BCUT2D eigenvalue weighted by Crippen LogP contribution is -2.01. The first-order valence-electron chi connectivity index (χ1n) is 6.10. The van der Waals surface area contributed by atoms with Gasteiger partial charge in [-0.25, -0.2) is 9.78 Å². The zero-order valence-electron chi connectivity index (χ0n) is 11.5. The van der Waals surface area contributed by atoms with Crippen LogP contribution in [0.3, 0.4) is 0 Å². The molecule has 2 N–H and O–H groups in total. The summed E-state index contributed by atoms with van der Waals surface area (Å²) in [5, 5.41) is 22.8. The van der Waals surface area contributed by atoms with Crippen molar-refractivity contribution in [2.75, 3.05) is 5.32 Å². The van der Waals surface area contributed by atoms with Gasteiger partial charge in [-0.05, 0) is 37.6 Å². The molecular weight excluding hydrogens is 274 g/mol. The van der Waals surface area contributed by atoms with E-state index >= 15 is 0 Å². The molecule has 7 nitrogen and oxygen atoms in total. The summed E-state index contributed by atoms with van der Waals surface area (Å²) in [6.07, 6.45) is 1.42. The maximum absolute atomic E-state index is 10.9. The number of benzene rings is 1. The van der Waals surface area contributed by atoms with Gasteiger partial charge < -0.3 is 10.4 Å². The molecular formula is C14H13N3O4. The third kappa shape index (κ3) is 3.14. The minimum atomic E-state index is -0.997. The minimum absolute atomic E-state index is 0.0219. The molecule has 0 aliphatic rings. The van der Waals surface area contributed by atoms with Crippen LogP contribution in [0.5, 0.6) is 0 Å². The van der Waals surface area contributed by atoms with Gasteiger partial charge in [0.15, 0.2) is 0 Å². The Labute approximate surface area is 120 Å². The second-order valence-corrected chi connectivity index (χ2v) is 4.57. The van der Waals surface area contributed by atoms with Crippen molar-refractivity contribution in [3.63, 3.8) is 0 Å². The third-order valence-corrected chi connectivity index (χ3v) is 3.00. The fourth-order valence-corrected chi connectivity index (χ4v) is 1.91. The SMILES string of the molecule is Cc1cc(Nc2cc([N+](=O)[O-])c(C)cn2)ccc1C(=O)O. The van der Waals surface area contributed by atoms with Gasteiger partial charge in [-0.3, -0.25) is 10.1 Å². The Morgan fingerprint density at radius 1 is 1.29 bits per heavy atom. The molecule has 21 heavy (non-hydrogen) atoms. The average Bonchev–Trinajstić information content (AvgIpc) is 2.40. The molecule has 0 radical (unpaired) electrons. The summed E-state index contributed by atoms with van der Waals surface area (Å²) >= 11 is 0. The Morgan fingerprint density at radius 3 is 2.57 bits per heavy atom. The van der Waals surface area contributed by atoms with Gasteiger partial charge in [-0.2, -0.15) is 0 Å². The van der Waals surface area contributed by atoms with E-state index in [1.165, 1.54) is 18.3 Å². The Hall–Kier alpha value is -2.96. The van der Waals surface area contributed by atoms with Crippen LogP contribution in [-0.4, -0.2) is 21.0 Å². The van der Waals surface area contributed by atoms with Crippen LogP contribution in [0.2, 0.25) is 0 Å².